The van der Waals surface area contributed by atoms with Gasteiger partial charge in [0.15, 0.2) is 0 Å². The van der Waals surface area contributed by atoms with Crippen LogP contribution in [0.1, 0.15) is 280 Å². The van der Waals surface area contributed by atoms with E-state index in [0.717, 1.165) is 25.7 Å². The van der Waals surface area contributed by atoms with E-state index in [0.29, 0.717) is 38.4 Å². The van der Waals surface area contributed by atoms with Crippen LogP contribution in [0, 0.1) is 5.92 Å². The van der Waals surface area contributed by atoms with Crippen molar-refractivity contribution in [3.63, 3.8) is 0 Å². The lowest BCUT2D eigenvalue weighted by molar-refractivity contribution is -0.147. The first-order chi connectivity index (χ1) is 27.2. The van der Waals surface area contributed by atoms with Crippen molar-refractivity contribution < 1.29 is 28.6 Å². The first-order valence-corrected chi connectivity index (χ1v) is 24.7. The van der Waals surface area contributed by atoms with Crippen molar-refractivity contribution in [3.8, 4) is 0 Å². The van der Waals surface area contributed by atoms with Gasteiger partial charge in [-0.2, -0.15) is 0 Å². The first-order valence-electron chi connectivity index (χ1n) is 24.7. The molecule has 0 aliphatic rings. The second kappa shape index (κ2) is 51.4. The van der Waals surface area contributed by atoms with Crippen LogP contribution in [0.3, 0.4) is 0 Å². The van der Waals surface area contributed by atoms with E-state index in [1.165, 1.54) is 180 Å². The minimum absolute atomic E-state index is 0.00504. The summed E-state index contributed by atoms with van der Waals surface area (Å²) in [6.45, 7) is 17.9. The van der Waals surface area contributed by atoms with Crippen molar-refractivity contribution in [2.75, 3.05) is 13.2 Å². The van der Waals surface area contributed by atoms with Gasteiger partial charge in [-0.15, -0.1) is 0 Å². The molecule has 0 aliphatic heterocycles. The monoisotopic (exact) mass is 797 g/mol. The normalized spacial score (nSPS) is 11.3. The smallest absolute Gasteiger partial charge is 0.306 e. The van der Waals surface area contributed by atoms with Gasteiger partial charge in [-0.1, -0.05) is 214 Å². The van der Waals surface area contributed by atoms with Gasteiger partial charge in [-0.05, 0) is 52.4 Å². The molecule has 0 aromatic heterocycles. The molecule has 56 heavy (non-hydrogen) atoms. The molecule has 0 saturated heterocycles. The van der Waals surface area contributed by atoms with Gasteiger partial charge in [-0.3, -0.25) is 14.4 Å². The third-order valence-electron chi connectivity index (χ3n) is 10.4. The van der Waals surface area contributed by atoms with Crippen LogP contribution in [0.15, 0.2) is 0 Å². The predicted molar refractivity (Wildman–Crippen MR) is 242 cm³/mol. The minimum atomic E-state index is -0.0366. The topological polar surface area (TPSA) is 78.9 Å². The highest BCUT2D eigenvalue weighted by Gasteiger charge is 2.10. The van der Waals surface area contributed by atoms with Gasteiger partial charge in [-0.25, -0.2) is 0 Å². The molecule has 0 aromatic rings. The van der Waals surface area contributed by atoms with Gasteiger partial charge in [0, 0.05) is 19.3 Å². The highest BCUT2D eigenvalue weighted by atomic mass is 16.5. The standard InChI is InChI=1S/C19H38O2.C17H34O2.C14H28O2/c1-4-5-6-7-8-9-10-11-12-13-14-15-16-17-19(20)21-18(2)3;1-4-7-9-10-11-12-14-17(18)19-15-16(6-3)13-8-5-2;1-3-5-6-7-8-9-10-11-12-13-14(15)16-4-2/h18H,4-17H2,1-3H3;16H,4-15H2,1-3H3;3-13H2,1-2H3. The molecular formula is C50H100O6. The number of hydrogen-bond donors (Lipinski definition) is 0. The molecule has 0 spiro atoms. The van der Waals surface area contributed by atoms with E-state index in [1.54, 1.807) is 0 Å². The van der Waals surface area contributed by atoms with Crippen LogP contribution < -0.4 is 0 Å². The SMILES string of the molecule is CCCCCCCCC(=O)OCC(CC)CCCC.CCCCCCCCCCCC(=O)OCC.CCCCCCCCCCCCCCCC(=O)OC(C)C. The molecular weight excluding hydrogens is 697 g/mol. The quantitative estimate of drug-likeness (QED) is 0.0350. The van der Waals surface area contributed by atoms with Crippen LogP contribution in [-0.2, 0) is 28.6 Å². The van der Waals surface area contributed by atoms with Crippen LogP contribution in [-0.4, -0.2) is 37.2 Å². The van der Waals surface area contributed by atoms with Gasteiger partial charge >= 0.3 is 17.9 Å². The Morgan fingerprint density at radius 2 is 0.679 bits per heavy atom. The molecule has 1 unspecified atom stereocenters. The minimum Gasteiger partial charge on any atom is -0.466 e. The Balaban J connectivity index is -0.000000759. The van der Waals surface area contributed by atoms with Crippen molar-refractivity contribution in [3.05, 3.63) is 0 Å². The van der Waals surface area contributed by atoms with E-state index in [2.05, 4.69) is 34.6 Å². The number of hydrogen-bond acceptors (Lipinski definition) is 6. The first kappa shape index (κ1) is 58.7. The van der Waals surface area contributed by atoms with E-state index in [1.807, 2.05) is 20.8 Å². The number of esters is 3. The summed E-state index contributed by atoms with van der Waals surface area (Å²) in [6, 6.07) is 0. The molecule has 1 atom stereocenters. The summed E-state index contributed by atoms with van der Waals surface area (Å²) in [7, 11) is 0. The molecule has 0 amide bonds. The Hall–Kier alpha value is -1.59. The third-order valence-corrected chi connectivity index (χ3v) is 10.4. The number of ether oxygens (including phenoxy) is 3. The van der Waals surface area contributed by atoms with Gasteiger partial charge in [0.1, 0.15) is 0 Å². The number of unbranched alkanes of at least 4 members (excludes halogenated alkanes) is 26. The summed E-state index contributed by atoms with van der Waals surface area (Å²) in [5, 5.41) is 0. The summed E-state index contributed by atoms with van der Waals surface area (Å²) in [5.74, 6) is 0.498. The Morgan fingerprint density at radius 3 is 0.982 bits per heavy atom. The zero-order valence-electron chi connectivity index (χ0n) is 39.3. The maximum absolute atomic E-state index is 11.6. The molecule has 0 fully saturated rings. The second-order valence-electron chi connectivity index (χ2n) is 16.5. The average molecular weight is 797 g/mol. The highest BCUT2D eigenvalue weighted by Crippen LogP contribution is 2.15. The Morgan fingerprint density at radius 1 is 0.375 bits per heavy atom. The molecule has 6 nitrogen and oxygen atoms in total. The van der Waals surface area contributed by atoms with Crippen LogP contribution in [0.2, 0.25) is 0 Å². The molecule has 0 rings (SSSR count). The van der Waals surface area contributed by atoms with Gasteiger partial charge in [0.25, 0.3) is 0 Å². The summed E-state index contributed by atoms with van der Waals surface area (Å²) in [5.41, 5.74) is 0. The Bertz CT molecular complexity index is 782. The Labute approximate surface area is 350 Å². The van der Waals surface area contributed by atoms with E-state index in [9.17, 15) is 14.4 Å². The molecule has 0 radical (unpaired) electrons. The van der Waals surface area contributed by atoms with Crippen LogP contribution >= 0.6 is 0 Å². The van der Waals surface area contributed by atoms with E-state index >= 15 is 0 Å². The van der Waals surface area contributed by atoms with Gasteiger partial charge in [0.2, 0.25) is 0 Å². The van der Waals surface area contributed by atoms with E-state index in [-0.39, 0.29) is 24.0 Å². The molecule has 0 bridgehead atoms. The van der Waals surface area contributed by atoms with Crippen LogP contribution in [0.4, 0.5) is 0 Å². The maximum atomic E-state index is 11.6. The summed E-state index contributed by atoms with van der Waals surface area (Å²) < 4.78 is 15.4. The zero-order chi connectivity index (χ0) is 42.2. The fourth-order valence-corrected chi connectivity index (χ4v) is 6.65. The number of rotatable bonds is 39. The largest absolute Gasteiger partial charge is 0.466 e. The average Bonchev–Trinajstić information content (AvgIpc) is 3.17. The zero-order valence-corrected chi connectivity index (χ0v) is 39.3. The predicted octanol–water partition coefficient (Wildman–Crippen LogP) is 16.4. The number of carbonyl (C=O) groups excluding carboxylic acids is 3. The number of carbonyl (C=O) groups is 3. The summed E-state index contributed by atoms with van der Waals surface area (Å²) in [4.78, 5) is 34.0. The van der Waals surface area contributed by atoms with Crippen LogP contribution in [0.25, 0.3) is 0 Å². The highest BCUT2D eigenvalue weighted by molar-refractivity contribution is 5.69. The molecule has 0 heterocycles. The van der Waals surface area contributed by atoms with Crippen LogP contribution in [0.5, 0.6) is 0 Å². The van der Waals surface area contributed by atoms with Gasteiger partial charge < -0.3 is 14.2 Å². The fraction of sp³-hybridized carbons (Fsp3) is 0.940. The summed E-state index contributed by atoms with van der Waals surface area (Å²) in [6.07, 6.45) is 42.9. The molecule has 6 heteroatoms. The molecule has 336 valence electrons. The van der Waals surface area contributed by atoms with Gasteiger partial charge in [0.05, 0.1) is 19.3 Å². The van der Waals surface area contributed by atoms with Crippen molar-refractivity contribution >= 4 is 17.9 Å². The molecule has 0 N–H and O–H groups in total. The third kappa shape index (κ3) is 54.5. The van der Waals surface area contributed by atoms with Crippen molar-refractivity contribution in [1.82, 2.24) is 0 Å². The van der Waals surface area contributed by atoms with E-state index < -0.39 is 0 Å². The second-order valence-corrected chi connectivity index (χ2v) is 16.5. The van der Waals surface area contributed by atoms with E-state index in [4.69, 9.17) is 14.2 Å². The lowest BCUT2D eigenvalue weighted by Crippen LogP contribution is -2.13. The maximum Gasteiger partial charge on any atom is 0.306 e. The fourth-order valence-electron chi connectivity index (χ4n) is 6.65. The van der Waals surface area contributed by atoms with Crippen molar-refractivity contribution in [2.24, 2.45) is 5.92 Å². The molecule has 0 saturated carbocycles. The lowest BCUT2D eigenvalue weighted by Gasteiger charge is -2.14. The van der Waals surface area contributed by atoms with Crippen molar-refractivity contribution in [1.29, 1.82) is 0 Å². The molecule has 0 aliphatic carbocycles. The molecule has 0 aromatic carbocycles. The summed E-state index contributed by atoms with van der Waals surface area (Å²) >= 11 is 0. The van der Waals surface area contributed by atoms with Crippen molar-refractivity contribution in [2.45, 2.75) is 286 Å². The lowest BCUT2D eigenvalue weighted by atomic mass is 10.0. The Kier molecular flexibility index (Phi) is 53.9.